The van der Waals surface area contributed by atoms with Crippen molar-refractivity contribution in [3.63, 3.8) is 0 Å². The van der Waals surface area contributed by atoms with Gasteiger partial charge in [-0.2, -0.15) is 0 Å². The van der Waals surface area contributed by atoms with E-state index in [1.807, 2.05) is 0 Å². The molecule has 78 valence electrons. The highest BCUT2D eigenvalue weighted by molar-refractivity contribution is 4.88. The molecule has 0 heteroatoms. The SMILES string of the molecule is CC1CC1CC(C)(C)CC(C)(C)C. The van der Waals surface area contributed by atoms with Crippen LogP contribution in [0.5, 0.6) is 0 Å². The van der Waals surface area contributed by atoms with E-state index in [9.17, 15) is 0 Å². The first-order chi connectivity index (χ1) is 5.70. The summed E-state index contributed by atoms with van der Waals surface area (Å²) in [6, 6.07) is 0. The van der Waals surface area contributed by atoms with Crippen molar-refractivity contribution >= 4 is 0 Å². The molecule has 2 atom stereocenters. The first-order valence-electron chi connectivity index (χ1n) is 5.70. The molecule has 2 unspecified atom stereocenters. The Morgan fingerprint density at radius 2 is 1.54 bits per heavy atom. The highest BCUT2D eigenvalue weighted by Crippen LogP contribution is 2.48. The Kier molecular flexibility index (Phi) is 2.81. The molecule has 0 spiro atoms. The van der Waals surface area contributed by atoms with Crippen molar-refractivity contribution in [1.82, 2.24) is 0 Å². The lowest BCUT2D eigenvalue weighted by Gasteiger charge is -2.32. The van der Waals surface area contributed by atoms with Crippen molar-refractivity contribution in [2.75, 3.05) is 0 Å². The normalized spacial score (nSPS) is 29.1. The average Bonchev–Trinajstić information content (AvgIpc) is 2.36. The molecule has 1 aliphatic rings. The Hall–Kier alpha value is 0. The van der Waals surface area contributed by atoms with Crippen LogP contribution in [0, 0.1) is 22.7 Å². The third-order valence-electron chi connectivity index (χ3n) is 3.10. The van der Waals surface area contributed by atoms with Crippen LogP contribution in [0.15, 0.2) is 0 Å². The van der Waals surface area contributed by atoms with Gasteiger partial charge in [-0.15, -0.1) is 0 Å². The molecule has 1 rings (SSSR count). The second-order valence-electron chi connectivity index (χ2n) is 7.08. The van der Waals surface area contributed by atoms with E-state index in [4.69, 9.17) is 0 Å². The monoisotopic (exact) mass is 182 g/mol. The summed E-state index contributed by atoms with van der Waals surface area (Å²) >= 11 is 0. The van der Waals surface area contributed by atoms with Gasteiger partial charge in [0.25, 0.3) is 0 Å². The summed E-state index contributed by atoms with van der Waals surface area (Å²) in [5.74, 6) is 2.05. The predicted molar refractivity (Wildman–Crippen MR) is 59.7 cm³/mol. The molecule has 0 saturated heterocycles. The van der Waals surface area contributed by atoms with E-state index in [1.165, 1.54) is 19.3 Å². The van der Waals surface area contributed by atoms with Gasteiger partial charge in [-0.05, 0) is 41.9 Å². The van der Waals surface area contributed by atoms with E-state index in [1.54, 1.807) is 0 Å². The van der Waals surface area contributed by atoms with E-state index in [0.29, 0.717) is 10.8 Å². The second-order valence-corrected chi connectivity index (χ2v) is 7.08. The summed E-state index contributed by atoms with van der Waals surface area (Å²) in [5, 5.41) is 0. The zero-order valence-corrected chi connectivity index (χ0v) is 10.3. The Morgan fingerprint density at radius 1 is 1.08 bits per heavy atom. The first kappa shape index (κ1) is 11.1. The third kappa shape index (κ3) is 4.15. The van der Waals surface area contributed by atoms with E-state index in [-0.39, 0.29) is 0 Å². The Labute approximate surface area is 84.1 Å². The Balaban J connectivity index is 2.37. The van der Waals surface area contributed by atoms with E-state index < -0.39 is 0 Å². The van der Waals surface area contributed by atoms with Gasteiger partial charge >= 0.3 is 0 Å². The molecule has 0 aliphatic heterocycles. The van der Waals surface area contributed by atoms with Crippen LogP contribution in [0.4, 0.5) is 0 Å². The Morgan fingerprint density at radius 3 is 1.85 bits per heavy atom. The van der Waals surface area contributed by atoms with Gasteiger partial charge in [0.05, 0.1) is 0 Å². The van der Waals surface area contributed by atoms with Crippen LogP contribution < -0.4 is 0 Å². The minimum absolute atomic E-state index is 0.488. The molecular formula is C13H26. The lowest BCUT2D eigenvalue weighted by molar-refractivity contribution is 0.188. The molecule has 0 N–H and O–H groups in total. The van der Waals surface area contributed by atoms with Gasteiger partial charge in [-0.1, -0.05) is 41.5 Å². The third-order valence-corrected chi connectivity index (χ3v) is 3.10. The quantitative estimate of drug-likeness (QED) is 0.603. The zero-order chi connectivity index (χ0) is 10.3. The first-order valence-corrected chi connectivity index (χ1v) is 5.70. The van der Waals surface area contributed by atoms with E-state index in [2.05, 4.69) is 41.5 Å². The van der Waals surface area contributed by atoms with Crippen molar-refractivity contribution in [3.8, 4) is 0 Å². The van der Waals surface area contributed by atoms with Crippen LogP contribution in [0.1, 0.15) is 60.8 Å². The Bertz CT molecular complexity index is 171. The molecule has 0 heterocycles. The van der Waals surface area contributed by atoms with E-state index in [0.717, 1.165) is 11.8 Å². The maximum absolute atomic E-state index is 2.43. The van der Waals surface area contributed by atoms with Crippen molar-refractivity contribution in [2.45, 2.75) is 60.8 Å². The molecule has 0 aromatic rings. The van der Waals surface area contributed by atoms with Crippen molar-refractivity contribution in [3.05, 3.63) is 0 Å². The highest BCUT2D eigenvalue weighted by atomic mass is 14.4. The molecule has 1 fully saturated rings. The van der Waals surface area contributed by atoms with Gasteiger partial charge in [0.1, 0.15) is 0 Å². The molecule has 1 aliphatic carbocycles. The second kappa shape index (κ2) is 3.29. The van der Waals surface area contributed by atoms with Crippen LogP contribution in [-0.2, 0) is 0 Å². The van der Waals surface area contributed by atoms with E-state index >= 15 is 0 Å². The highest BCUT2D eigenvalue weighted by Gasteiger charge is 2.38. The molecule has 0 aromatic heterocycles. The van der Waals surface area contributed by atoms with Crippen molar-refractivity contribution in [2.24, 2.45) is 22.7 Å². The summed E-state index contributed by atoms with van der Waals surface area (Å²) in [7, 11) is 0. The minimum atomic E-state index is 0.488. The minimum Gasteiger partial charge on any atom is -0.0622 e. The molecule has 0 amide bonds. The molecule has 0 radical (unpaired) electrons. The smallest absolute Gasteiger partial charge is 0.0347 e. The van der Waals surface area contributed by atoms with Gasteiger partial charge in [0, 0.05) is 0 Å². The largest absolute Gasteiger partial charge is 0.0622 e. The van der Waals surface area contributed by atoms with Crippen molar-refractivity contribution in [1.29, 1.82) is 0 Å². The van der Waals surface area contributed by atoms with Crippen LogP contribution in [0.25, 0.3) is 0 Å². The fourth-order valence-electron chi connectivity index (χ4n) is 2.90. The molecule has 0 aromatic carbocycles. The van der Waals surface area contributed by atoms with Crippen molar-refractivity contribution < 1.29 is 0 Å². The summed E-state index contributed by atoms with van der Waals surface area (Å²) in [6.45, 7) is 14.3. The zero-order valence-electron chi connectivity index (χ0n) is 10.3. The molecule has 1 saturated carbocycles. The predicted octanol–water partition coefficient (Wildman–Crippen LogP) is 4.49. The lowest BCUT2D eigenvalue weighted by atomic mass is 9.73. The number of hydrogen-bond donors (Lipinski definition) is 0. The van der Waals surface area contributed by atoms with Crippen LogP contribution in [0.3, 0.4) is 0 Å². The maximum Gasteiger partial charge on any atom is -0.0347 e. The maximum atomic E-state index is 2.43. The van der Waals surface area contributed by atoms with Gasteiger partial charge in [0.15, 0.2) is 0 Å². The molecular weight excluding hydrogens is 156 g/mol. The fourth-order valence-corrected chi connectivity index (χ4v) is 2.90. The van der Waals surface area contributed by atoms with Crippen LogP contribution >= 0.6 is 0 Å². The standard InChI is InChI=1S/C13H26/c1-10-7-11(10)8-13(5,6)9-12(2,3)4/h10-11H,7-9H2,1-6H3. The topological polar surface area (TPSA) is 0 Å². The molecule has 0 nitrogen and oxygen atoms in total. The van der Waals surface area contributed by atoms with Gasteiger partial charge in [-0.25, -0.2) is 0 Å². The summed E-state index contributed by atoms with van der Waals surface area (Å²) in [5.41, 5.74) is 1.04. The van der Waals surface area contributed by atoms with Gasteiger partial charge in [-0.3, -0.25) is 0 Å². The van der Waals surface area contributed by atoms with Crippen LogP contribution in [0.2, 0.25) is 0 Å². The average molecular weight is 182 g/mol. The summed E-state index contributed by atoms with van der Waals surface area (Å²) in [4.78, 5) is 0. The summed E-state index contributed by atoms with van der Waals surface area (Å²) < 4.78 is 0. The number of hydrogen-bond acceptors (Lipinski definition) is 0. The summed E-state index contributed by atoms with van der Waals surface area (Å²) in [6.07, 6.45) is 4.27. The van der Waals surface area contributed by atoms with Gasteiger partial charge < -0.3 is 0 Å². The van der Waals surface area contributed by atoms with Gasteiger partial charge in [0.2, 0.25) is 0 Å². The molecule has 13 heavy (non-hydrogen) atoms. The molecule has 0 bridgehead atoms. The number of rotatable bonds is 3. The lowest BCUT2D eigenvalue weighted by Crippen LogP contribution is -2.21. The van der Waals surface area contributed by atoms with Crippen LogP contribution in [-0.4, -0.2) is 0 Å². The fraction of sp³-hybridized carbons (Fsp3) is 1.00.